The fourth-order valence-corrected chi connectivity index (χ4v) is 0. The maximum atomic E-state index is 8.77. The van der Waals surface area contributed by atoms with Crippen molar-refractivity contribution in [2.75, 3.05) is 0 Å². The van der Waals surface area contributed by atoms with Crippen LogP contribution in [0.4, 0.5) is 0 Å². The zero-order chi connectivity index (χ0) is 9.00. The molecule has 0 aliphatic heterocycles. The van der Waals surface area contributed by atoms with Gasteiger partial charge in [-0.1, -0.05) is 0 Å². The quantitative estimate of drug-likeness (QED) is 0.222. The van der Waals surface area contributed by atoms with Crippen LogP contribution in [0.5, 0.6) is 0 Å². The van der Waals surface area contributed by atoms with Crippen LogP contribution in [0.1, 0.15) is 0 Å². The van der Waals surface area contributed by atoms with Crippen molar-refractivity contribution in [3.05, 3.63) is 0 Å². The molecule has 15 heavy (non-hydrogen) atoms. The number of rotatable bonds is 0. The summed E-state index contributed by atoms with van der Waals surface area (Å²) in [5.74, 6) is 0. The second-order valence-corrected chi connectivity index (χ2v) is 2.94. The molecule has 15 heteroatoms. The number of hydrogen-bond donors (Lipinski definition) is 4. The van der Waals surface area contributed by atoms with Crippen LogP contribution in [-0.2, 0) is 67.6 Å². The van der Waals surface area contributed by atoms with Gasteiger partial charge in [-0.3, -0.25) is 9.13 Å². The molecular formula is H6O10P2Zn3-4. The number of phosphoric acid groups is 2. The van der Waals surface area contributed by atoms with Gasteiger partial charge in [0.1, 0.15) is 0 Å². The predicted octanol–water partition coefficient (Wildman–Crippen LogP) is -3.48. The molecule has 0 unspecified atom stereocenters. The van der Waals surface area contributed by atoms with Gasteiger partial charge in [0.05, 0.1) is 0 Å². The van der Waals surface area contributed by atoms with E-state index in [0.29, 0.717) is 0 Å². The standard InChI is InChI=1S/2H3O4P.2H2O.3Zn/c2*1-5(2,3)4;;;;;/h2*(H3,1,2,3,4);2*1H2;;;/p-4. The van der Waals surface area contributed by atoms with E-state index in [0.717, 1.165) is 0 Å². The zero-order valence-electron chi connectivity index (χ0n) is 7.33. The third-order valence-electron chi connectivity index (χ3n) is 0. The van der Waals surface area contributed by atoms with Crippen molar-refractivity contribution in [2.45, 2.75) is 0 Å². The van der Waals surface area contributed by atoms with Gasteiger partial charge in [-0.2, -0.15) is 0 Å². The Balaban J connectivity index is -0.0000000128. The summed E-state index contributed by atoms with van der Waals surface area (Å²) in [4.78, 5) is 45.8. The monoisotopic (exact) mass is 420 g/mol. The van der Waals surface area contributed by atoms with Crippen molar-refractivity contribution in [1.82, 2.24) is 0 Å². The van der Waals surface area contributed by atoms with E-state index in [1.165, 1.54) is 0 Å². The average molecular weight is 424 g/mol. The van der Waals surface area contributed by atoms with Gasteiger partial charge in [-0.05, 0) is 0 Å². The van der Waals surface area contributed by atoms with Crippen LogP contribution < -0.4 is 9.79 Å². The van der Waals surface area contributed by atoms with E-state index in [1.54, 1.807) is 0 Å². The van der Waals surface area contributed by atoms with Gasteiger partial charge < -0.3 is 40.3 Å². The van der Waals surface area contributed by atoms with Crippen LogP contribution in [0, 0.1) is 0 Å². The van der Waals surface area contributed by atoms with Gasteiger partial charge >= 0.3 is 0 Å². The van der Waals surface area contributed by atoms with Crippen LogP contribution in [0.2, 0.25) is 0 Å². The molecule has 0 aromatic heterocycles. The first-order chi connectivity index (χ1) is 4.00. The Morgan fingerprint density at radius 3 is 0.667 bits per heavy atom. The molecule has 0 aliphatic carbocycles. The molecule has 0 aliphatic rings. The third-order valence-corrected chi connectivity index (χ3v) is 0. The summed E-state index contributed by atoms with van der Waals surface area (Å²) in [6.07, 6.45) is 0. The van der Waals surface area contributed by atoms with Gasteiger partial charge in [0.2, 0.25) is 0 Å². The van der Waals surface area contributed by atoms with Gasteiger partial charge in [0, 0.05) is 58.4 Å². The SMILES string of the molecule is O=P([O-])(O)O.O=P([O-])(O)O.[OH-].[OH-].[Zn].[Zn].[Zn]. The van der Waals surface area contributed by atoms with E-state index in [4.69, 9.17) is 38.5 Å². The maximum Gasteiger partial charge on any atom is 0.262 e. The minimum atomic E-state index is -4.89. The zero-order valence-corrected chi connectivity index (χ0v) is 18.0. The van der Waals surface area contributed by atoms with Crippen molar-refractivity contribution in [1.29, 1.82) is 0 Å². The molecule has 0 amide bonds. The Hall–Kier alpha value is 2.01. The van der Waals surface area contributed by atoms with E-state index in [-0.39, 0.29) is 69.4 Å². The summed E-state index contributed by atoms with van der Waals surface area (Å²) in [6.45, 7) is 0. The molecule has 0 saturated carbocycles. The van der Waals surface area contributed by atoms with Crippen LogP contribution in [0.15, 0.2) is 0 Å². The van der Waals surface area contributed by atoms with E-state index < -0.39 is 15.6 Å². The minimum Gasteiger partial charge on any atom is -0.870 e. The Morgan fingerprint density at radius 1 is 0.667 bits per heavy atom. The first-order valence-electron chi connectivity index (χ1n) is 1.53. The molecule has 0 aromatic carbocycles. The Bertz CT molecular complexity index is 131. The molecular weight excluding hydrogens is 418 g/mol. The van der Waals surface area contributed by atoms with Crippen molar-refractivity contribution in [3.63, 3.8) is 0 Å². The van der Waals surface area contributed by atoms with E-state index in [1.807, 2.05) is 0 Å². The Labute approximate surface area is 123 Å². The summed E-state index contributed by atoms with van der Waals surface area (Å²) in [5, 5.41) is 0. The largest absolute Gasteiger partial charge is 0.870 e. The predicted molar refractivity (Wildman–Crippen MR) is 28.0 cm³/mol. The molecule has 0 radical (unpaired) electrons. The van der Waals surface area contributed by atoms with E-state index >= 15 is 0 Å². The number of hydrogen-bond acceptors (Lipinski definition) is 6. The fraction of sp³-hybridized carbons (Fsp3) is 0. The summed E-state index contributed by atoms with van der Waals surface area (Å²) in [5.41, 5.74) is 0. The van der Waals surface area contributed by atoms with Gasteiger partial charge in [-0.25, -0.2) is 0 Å². The van der Waals surface area contributed by atoms with Gasteiger partial charge in [0.25, 0.3) is 15.6 Å². The molecule has 10 nitrogen and oxygen atoms in total. The molecule has 0 fully saturated rings. The topological polar surface area (TPSA) is 221 Å². The Morgan fingerprint density at radius 2 is 0.667 bits per heavy atom. The second-order valence-electron chi connectivity index (χ2n) is 0.981. The average Bonchev–Trinajstić information content (AvgIpc) is 1.12. The Kier molecular flexibility index (Phi) is 53.3. The van der Waals surface area contributed by atoms with Crippen LogP contribution in [0.3, 0.4) is 0 Å². The molecule has 0 bridgehead atoms. The summed E-state index contributed by atoms with van der Waals surface area (Å²) in [7, 11) is -9.78. The summed E-state index contributed by atoms with van der Waals surface area (Å²) in [6, 6.07) is 0. The first kappa shape index (κ1) is 43.5. The van der Waals surface area contributed by atoms with Crippen LogP contribution in [-0.4, -0.2) is 30.5 Å². The molecule has 0 heterocycles. The summed E-state index contributed by atoms with van der Waals surface area (Å²) < 4.78 is 17.5. The molecule has 86 valence electrons. The fourth-order valence-electron chi connectivity index (χ4n) is 0. The molecule has 0 rings (SSSR count). The molecule has 6 N–H and O–H groups in total. The van der Waals surface area contributed by atoms with Gasteiger partial charge in [0.15, 0.2) is 0 Å². The van der Waals surface area contributed by atoms with Crippen molar-refractivity contribution in [2.24, 2.45) is 0 Å². The summed E-state index contributed by atoms with van der Waals surface area (Å²) >= 11 is 0. The van der Waals surface area contributed by atoms with Crippen molar-refractivity contribution < 1.29 is 108 Å². The third kappa shape index (κ3) is 778. The van der Waals surface area contributed by atoms with Crippen molar-refractivity contribution >= 4 is 15.6 Å². The second kappa shape index (κ2) is 18.4. The van der Waals surface area contributed by atoms with Crippen LogP contribution >= 0.6 is 15.6 Å². The van der Waals surface area contributed by atoms with Gasteiger partial charge in [-0.15, -0.1) is 0 Å². The molecule has 0 aromatic rings. The molecule has 0 atom stereocenters. The van der Waals surface area contributed by atoms with Crippen molar-refractivity contribution in [3.8, 4) is 0 Å². The minimum absolute atomic E-state index is 0. The van der Waals surface area contributed by atoms with Crippen LogP contribution in [0.25, 0.3) is 0 Å². The van der Waals surface area contributed by atoms with E-state index in [9.17, 15) is 0 Å². The molecule has 0 saturated heterocycles. The maximum absolute atomic E-state index is 8.77. The molecule has 0 spiro atoms. The van der Waals surface area contributed by atoms with E-state index in [2.05, 4.69) is 0 Å². The first-order valence-corrected chi connectivity index (χ1v) is 4.59. The normalized spacial score (nSPS) is 7.87. The smallest absolute Gasteiger partial charge is 0.262 e.